The van der Waals surface area contributed by atoms with Crippen molar-refractivity contribution in [1.29, 1.82) is 0 Å². The first-order chi connectivity index (χ1) is 7.00. The van der Waals surface area contributed by atoms with E-state index in [4.69, 9.17) is 0 Å². The molecule has 0 aromatic heterocycles. The Morgan fingerprint density at radius 1 is 1.33 bits per heavy atom. The van der Waals surface area contributed by atoms with Crippen LogP contribution in [-0.4, -0.2) is 11.2 Å². The van der Waals surface area contributed by atoms with Gasteiger partial charge in [0.1, 0.15) is 0 Å². The summed E-state index contributed by atoms with van der Waals surface area (Å²) in [6, 6.07) is 0. The van der Waals surface area contributed by atoms with Crippen LogP contribution in [-0.2, 0) is 0 Å². The van der Waals surface area contributed by atoms with Crippen molar-refractivity contribution in [3.05, 3.63) is 34.9 Å². The lowest BCUT2D eigenvalue weighted by molar-refractivity contribution is 0.160. The van der Waals surface area contributed by atoms with Crippen LogP contribution >= 0.6 is 0 Å². The fourth-order valence-corrected chi connectivity index (χ4v) is 2.52. The molecule has 0 aromatic carbocycles. The summed E-state index contributed by atoms with van der Waals surface area (Å²) in [5, 5.41) is 10.0. The molecule has 0 radical (unpaired) electrons. The number of allylic oxidation sites excluding steroid dienone is 4. The van der Waals surface area contributed by atoms with E-state index in [0.717, 1.165) is 24.8 Å². The Morgan fingerprint density at radius 3 is 2.80 bits per heavy atom. The average Bonchev–Trinajstić information content (AvgIpc) is 2.36. The highest BCUT2D eigenvalue weighted by Crippen LogP contribution is 2.44. The molecule has 0 aliphatic heterocycles. The zero-order chi connectivity index (χ0) is 11.1. The minimum absolute atomic E-state index is 0.226. The van der Waals surface area contributed by atoms with Crippen molar-refractivity contribution in [2.45, 2.75) is 46.1 Å². The summed E-state index contributed by atoms with van der Waals surface area (Å²) in [6.07, 6.45) is 9.28. The van der Waals surface area contributed by atoms with Gasteiger partial charge in [0, 0.05) is 0 Å². The van der Waals surface area contributed by atoms with Crippen molar-refractivity contribution in [2.24, 2.45) is 5.41 Å². The van der Waals surface area contributed by atoms with Gasteiger partial charge in [-0.15, -0.1) is 0 Å². The first kappa shape index (κ1) is 10.7. The minimum Gasteiger partial charge on any atom is -0.388 e. The van der Waals surface area contributed by atoms with Gasteiger partial charge in [-0.25, -0.2) is 0 Å². The molecule has 2 rings (SSSR count). The lowest BCUT2D eigenvalue weighted by Gasteiger charge is -2.37. The van der Waals surface area contributed by atoms with Crippen molar-refractivity contribution < 1.29 is 5.11 Å². The molecule has 1 N–H and O–H groups in total. The number of aliphatic hydroxyl groups is 1. The molecule has 1 fully saturated rings. The van der Waals surface area contributed by atoms with Crippen LogP contribution in [0.2, 0.25) is 0 Å². The van der Waals surface area contributed by atoms with Crippen LogP contribution in [0.5, 0.6) is 0 Å². The van der Waals surface area contributed by atoms with Crippen LogP contribution in [0.3, 0.4) is 0 Å². The monoisotopic (exact) mass is 204 g/mol. The molecule has 0 amide bonds. The zero-order valence-electron chi connectivity index (χ0n) is 9.88. The van der Waals surface area contributed by atoms with Crippen LogP contribution < -0.4 is 0 Å². The van der Waals surface area contributed by atoms with Gasteiger partial charge in [0.05, 0.1) is 6.10 Å². The highest BCUT2D eigenvalue weighted by Gasteiger charge is 2.34. The fourth-order valence-electron chi connectivity index (χ4n) is 2.52. The zero-order valence-corrected chi connectivity index (χ0v) is 9.88. The number of hydrogen-bond donors (Lipinski definition) is 1. The second-order valence-electron chi connectivity index (χ2n) is 5.40. The lowest BCUT2D eigenvalue weighted by atomic mass is 9.69. The van der Waals surface area contributed by atoms with Crippen LogP contribution in [0.25, 0.3) is 0 Å². The smallest absolute Gasteiger partial charge is 0.0793 e. The fraction of sp³-hybridized carbons (Fsp3) is 0.571. The SMILES string of the molecule is CC1=CC=C2C(=CC1)C(C)(C)CCC2O. The summed E-state index contributed by atoms with van der Waals surface area (Å²) in [7, 11) is 0. The Kier molecular flexibility index (Phi) is 2.59. The third kappa shape index (κ3) is 1.93. The molecule has 1 unspecified atom stereocenters. The van der Waals surface area contributed by atoms with E-state index in [1.54, 1.807) is 0 Å². The van der Waals surface area contributed by atoms with Gasteiger partial charge in [0.2, 0.25) is 0 Å². The Bertz CT molecular complexity index is 356. The maximum atomic E-state index is 10.0. The van der Waals surface area contributed by atoms with E-state index in [9.17, 15) is 5.11 Å². The molecule has 0 saturated heterocycles. The summed E-state index contributed by atoms with van der Waals surface area (Å²) in [5.74, 6) is 0. The number of hydrogen-bond acceptors (Lipinski definition) is 1. The maximum Gasteiger partial charge on any atom is 0.0793 e. The van der Waals surface area contributed by atoms with Gasteiger partial charge in [0.15, 0.2) is 0 Å². The Morgan fingerprint density at radius 2 is 2.07 bits per heavy atom. The summed E-state index contributed by atoms with van der Waals surface area (Å²) in [6.45, 7) is 6.70. The molecular formula is C14H20O. The molecule has 1 saturated carbocycles. The Balaban J connectivity index is 2.44. The predicted molar refractivity (Wildman–Crippen MR) is 63.6 cm³/mol. The quantitative estimate of drug-likeness (QED) is 0.641. The van der Waals surface area contributed by atoms with Crippen LogP contribution in [0, 0.1) is 5.41 Å². The van der Waals surface area contributed by atoms with E-state index in [-0.39, 0.29) is 11.5 Å². The molecule has 1 nitrogen and oxygen atoms in total. The summed E-state index contributed by atoms with van der Waals surface area (Å²) in [5.41, 5.74) is 4.09. The van der Waals surface area contributed by atoms with Crippen molar-refractivity contribution >= 4 is 0 Å². The number of aliphatic hydroxyl groups excluding tert-OH is 1. The van der Waals surface area contributed by atoms with Gasteiger partial charge in [0.25, 0.3) is 0 Å². The Hall–Kier alpha value is -0.820. The first-order valence-electron chi connectivity index (χ1n) is 5.77. The van der Waals surface area contributed by atoms with Gasteiger partial charge in [-0.3, -0.25) is 0 Å². The van der Waals surface area contributed by atoms with Crippen LogP contribution in [0.1, 0.15) is 40.0 Å². The highest BCUT2D eigenvalue weighted by atomic mass is 16.3. The third-order valence-corrected chi connectivity index (χ3v) is 3.62. The molecule has 0 bridgehead atoms. The van der Waals surface area contributed by atoms with E-state index < -0.39 is 0 Å². The van der Waals surface area contributed by atoms with Crippen LogP contribution in [0.4, 0.5) is 0 Å². The van der Waals surface area contributed by atoms with Crippen molar-refractivity contribution in [3.63, 3.8) is 0 Å². The number of rotatable bonds is 0. The maximum absolute atomic E-state index is 10.0. The molecule has 15 heavy (non-hydrogen) atoms. The highest BCUT2D eigenvalue weighted by molar-refractivity contribution is 5.45. The standard InChI is InChI=1S/C14H20O/c1-10-4-6-11-12(7-5-10)14(2,3)9-8-13(11)15/h4,6-7,13,15H,5,8-9H2,1-3H3. The largest absolute Gasteiger partial charge is 0.388 e. The third-order valence-electron chi connectivity index (χ3n) is 3.62. The molecule has 82 valence electrons. The van der Waals surface area contributed by atoms with Gasteiger partial charge >= 0.3 is 0 Å². The minimum atomic E-state index is -0.258. The molecule has 0 aromatic rings. The van der Waals surface area contributed by atoms with E-state index in [0.29, 0.717) is 0 Å². The van der Waals surface area contributed by atoms with Crippen molar-refractivity contribution in [2.75, 3.05) is 0 Å². The summed E-state index contributed by atoms with van der Waals surface area (Å²) < 4.78 is 0. The van der Waals surface area contributed by atoms with Gasteiger partial charge in [-0.05, 0) is 42.7 Å². The predicted octanol–water partition coefficient (Wildman–Crippen LogP) is 3.37. The van der Waals surface area contributed by atoms with E-state index in [1.807, 2.05) is 0 Å². The lowest BCUT2D eigenvalue weighted by Crippen LogP contribution is -2.29. The van der Waals surface area contributed by atoms with E-state index >= 15 is 0 Å². The molecule has 0 heterocycles. The molecular weight excluding hydrogens is 184 g/mol. The van der Waals surface area contributed by atoms with E-state index in [1.165, 1.54) is 11.1 Å². The van der Waals surface area contributed by atoms with Gasteiger partial charge < -0.3 is 5.11 Å². The van der Waals surface area contributed by atoms with Gasteiger partial charge in [-0.2, -0.15) is 0 Å². The van der Waals surface area contributed by atoms with Crippen LogP contribution in [0.15, 0.2) is 34.9 Å². The molecule has 1 heteroatoms. The average molecular weight is 204 g/mol. The topological polar surface area (TPSA) is 20.2 Å². The van der Waals surface area contributed by atoms with Crippen molar-refractivity contribution in [1.82, 2.24) is 0 Å². The first-order valence-corrected chi connectivity index (χ1v) is 5.77. The Labute approximate surface area is 92.2 Å². The normalized spacial score (nSPS) is 29.6. The van der Waals surface area contributed by atoms with Gasteiger partial charge in [-0.1, -0.05) is 37.6 Å². The molecule has 0 spiro atoms. The molecule has 2 aliphatic carbocycles. The van der Waals surface area contributed by atoms with Crippen molar-refractivity contribution in [3.8, 4) is 0 Å². The second kappa shape index (κ2) is 3.64. The molecule has 2 aliphatic rings. The summed E-state index contributed by atoms with van der Waals surface area (Å²) >= 11 is 0. The second-order valence-corrected chi connectivity index (χ2v) is 5.40. The molecule has 1 atom stereocenters. The van der Waals surface area contributed by atoms with E-state index in [2.05, 4.69) is 39.0 Å². The summed E-state index contributed by atoms with van der Waals surface area (Å²) in [4.78, 5) is 0. The number of fused-ring (bicyclic) bond motifs is 1.